The third-order valence-corrected chi connectivity index (χ3v) is 6.02. The van der Waals surface area contributed by atoms with E-state index in [1.165, 1.54) is 6.21 Å². The highest BCUT2D eigenvalue weighted by Gasteiger charge is 2.14. The molecule has 2 aromatic heterocycles. The molecule has 0 spiro atoms. The first kappa shape index (κ1) is 21.8. The minimum atomic E-state index is -0.315. The van der Waals surface area contributed by atoms with Crippen molar-refractivity contribution in [3.8, 4) is 22.6 Å². The summed E-state index contributed by atoms with van der Waals surface area (Å²) in [6, 6.07) is 28.9. The molecule has 5 nitrogen and oxygen atoms in total. The third kappa shape index (κ3) is 4.54. The van der Waals surface area contributed by atoms with Crippen molar-refractivity contribution < 1.29 is 9.21 Å². The van der Waals surface area contributed by atoms with Crippen molar-refractivity contribution in [3.63, 3.8) is 0 Å². The molecule has 5 aromatic rings. The number of hydrogen-bond acceptors (Lipinski definition) is 4. The van der Waals surface area contributed by atoms with Crippen LogP contribution < -0.4 is 5.43 Å². The average molecular weight is 510 g/mol. The van der Waals surface area contributed by atoms with Gasteiger partial charge in [0.05, 0.1) is 23.0 Å². The molecule has 0 aliphatic heterocycles. The zero-order chi connectivity index (χ0) is 23.5. The summed E-state index contributed by atoms with van der Waals surface area (Å²) < 4.78 is 6.83. The number of pyridine rings is 1. The lowest BCUT2D eigenvalue weighted by Crippen LogP contribution is -2.18. The fourth-order valence-electron chi connectivity index (χ4n) is 3.77. The number of carbonyl (C=O) groups excluding carboxylic acids is 1. The molecule has 0 atom stereocenters. The SMILES string of the molecule is Cc1ccccc1-c1cc(C(=O)N/N=C/c2ccc(-c3ccc(Br)cc3)o2)c2ccccc2n1. The predicted octanol–water partition coefficient (Wildman–Crippen LogP) is 7.00. The normalized spacial score (nSPS) is 11.2. The maximum Gasteiger partial charge on any atom is 0.272 e. The molecule has 0 radical (unpaired) electrons. The Morgan fingerprint density at radius 2 is 1.74 bits per heavy atom. The first-order valence-electron chi connectivity index (χ1n) is 10.7. The number of para-hydroxylation sites is 1. The maximum atomic E-state index is 13.1. The molecule has 1 amide bonds. The Labute approximate surface area is 205 Å². The first-order chi connectivity index (χ1) is 16.6. The number of fused-ring (bicyclic) bond motifs is 1. The summed E-state index contributed by atoms with van der Waals surface area (Å²) in [7, 11) is 0. The maximum absolute atomic E-state index is 13.1. The molecule has 0 saturated carbocycles. The number of rotatable bonds is 5. The van der Waals surface area contributed by atoms with Crippen molar-refractivity contribution in [2.45, 2.75) is 6.92 Å². The number of halogens is 1. The molecule has 166 valence electrons. The monoisotopic (exact) mass is 509 g/mol. The molecular weight excluding hydrogens is 490 g/mol. The van der Waals surface area contributed by atoms with Crippen LogP contribution >= 0.6 is 15.9 Å². The van der Waals surface area contributed by atoms with Crippen LogP contribution in [0.15, 0.2) is 105 Å². The zero-order valence-corrected chi connectivity index (χ0v) is 19.9. The molecule has 0 fully saturated rings. The van der Waals surface area contributed by atoms with Crippen LogP contribution in [0.25, 0.3) is 33.5 Å². The summed E-state index contributed by atoms with van der Waals surface area (Å²) in [6.45, 7) is 2.03. The summed E-state index contributed by atoms with van der Waals surface area (Å²) in [4.78, 5) is 17.9. The van der Waals surface area contributed by atoms with E-state index >= 15 is 0 Å². The van der Waals surface area contributed by atoms with Crippen molar-refractivity contribution in [2.24, 2.45) is 5.10 Å². The van der Waals surface area contributed by atoms with Gasteiger partial charge in [-0.1, -0.05) is 70.5 Å². The molecule has 0 saturated heterocycles. The molecule has 34 heavy (non-hydrogen) atoms. The van der Waals surface area contributed by atoms with E-state index in [0.29, 0.717) is 11.3 Å². The van der Waals surface area contributed by atoms with E-state index in [1.54, 1.807) is 0 Å². The van der Waals surface area contributed by atoms with Gasteiger partial charge in [0.15, 0.2) is 0 Å². The highest BCUT2D eigenvalue weighted by Crippen LogP contribution is 2.27. The summed E-state index contributed by atoms with van der Waals surface area (Å²) in [6.07, 6.45) is 1.49. The van der Waals surface area contributed by atoms with E-state index in [-0.39, 0.29) is 5.91 Å². The van der Waals surface area contributed by atoms with Crippen LogP contribution in [0.5, 0.6) is 0 Å². The van der Waals surface area contributed by atoms with E-state index in [4.69, 9.17) is 9.40 Å². The third-order valence-electron chi connectivity index (χ3n) is 5.50. The zero-order valence-electron chi connectivity index (χ0n) is 18.3. The number of aryl methyl sites for hydroxylation is 1. The summed E-state index contributed by atoms with van der Waals surface area (Å²) >= 11 is 3.43. The number of nitrogens with one attached hydrogen (secondary N) is 1. The fourth-order valence-corrected chi connectivity index (χ4v) is 4.03. The minimum Gasteiger partial charge on any atom is -0.455 e. The Hall–Kier alpha value is -4.03. The molecule has 1 N–H and O–H groups in total. The predicted molar refractivity (Wildman–Crippen MR) is 139 cm³/mol. The second-order valence-corrected chi connectivity index (χ2v) is 8.71. The molecule has 0 bridgehead atoms. The van der Waals surface area contributed by atoms with Crippen LogP contribution in [0, 0.1) is 6.92 Å². The number of benzene rings is 3. The molecule has 0 aliphatic carbocycles. The van der Waals surface area contributed by atoms with Crippen LogP contribution in [0.3, 0.4) is 0 Å². The van der Waals surface area contributed by atoms with Crippen LogP contribution in [0.1, 0.15) is 21.7 Å². The van der Waals surface area contributed by atoms with Crippen LogP contribution in [-0.4, -0.2) is 17.1 Å². The lowest BCUT2D eigenvalue weighted by molar-refractivity contribution is 0.0956. The van der Waals surface area contributed by atoms with Gasteiger partial charge in [0, 0.05) is 21.0 Å². The average Bonchev–Trinajstić information content (AvgIpc) is 3.33. The number of hydrazone groups is 1. The van der Waals surface area contributed by atoms with Crippen molar-refractivity contribution in [3.05, 3.63) is 112 Å². The van der Waals surface area contributed by atoms with E-state index < -0.39 is 0 Å². The molecule has 0 aliphatic rings. The standard InChI is InChI=1S/C28H20BrN3O2/c1-18-6-2-3-7-22(18)26-16-24(23-8-4-5-9-25(23)31-26)28(33)32-30-17-21-14-15-27(34-21)19-10-12-20(29)13-11-19/h2-17H,1H3,(H,32,33)/b30-17+. The minimum absolute atomic E-state index is 0.315. The number of carbonyl (C=O) groups is 1. The Bertz CT molecular complexity index is 1520. The molecule has 0 unspecified atom stereocenters. The Kier molecular flexibility index (Phi) is 6.06. The first-order valence-corrected chi connectivity index (χ1v) is 11.5. The number of nitrogens with zero attached hydrogens (tertiary/aromatic N) is 2. The van der Waals surface area contributed by atoms with Crippen molar-refractivity contribution >= 4 is 39.0 Å². The lowest BCUT2D eigenvalue weighted by atomic mass is 10.0. The highest BCUT2D eigenvalue weighted by molar-refractivity contribution is 9.10. The Morgan fingerprint density at radius 1 is 0.971 bits per heavy atom. The molecular formula is C28H20BrN3O2. The summed E-state index contributed by atoms with van der Waals surface area (Å²) in [5.74, 6) is 0.950. The van der Waals surface area contributed by atoms with Crippen molar-refractivity contribution in [1.29, 1.82) is 0 Å². The lowest BCUT2D eigenvalue weighted by Gasteiger charge is -2.10. The van der Waals surface area contributed by atoms with Gasteiger partial charge in [-0.05, 0) is 48.9 Å². The van der Waals surface area contributed by atoms with Gasteiger partial charge < -0.3 is 4.42 Å². The van der Waals surface area contributed by atoms with Crippen molar-refractivity contribution in [2.75, 3.05) is 0 Å². The van der Waals surface area contributed by atoms with Gasteiger partial charge in [-0.15, -0.1) is 0 Å². The number of aromatic nitrogens is 1. The van der Waals surface area contributed by atoms with E-state index in [0.717, 1.165) is 43.5 Å². The Morgan fingerprint density at radius 3 is 2.56 bits per heavy atom. The number of furan rings is 1. The fraction of sp³-hybridized carbons (Fsp3) is 0.0357. The molecule has 6 heteroatoms. The van der Waals surface area contributed by atoms with Gasteiger partial charge in [-0.3, -0.25) is 4.79 Å². The van der Waals surface area contributed by atoms with Gasteiger partial charge in [-0.25, -0.2) is 10.4 Å². The Balaban J connectivity index is 1.40. The van der Waals surface area contributed by atoms with Crippen molar-refractivity contribution in [1.82, 2.24) is 10.4 Å². The topological polar surface area (TPSA) is 67.5 Å². The molecule has 2 heterocycles. The van der Waals surface area contributed by atoms with Crippen LogP contribution in [-0.2, 0) is 0 Å². The van der Waals surface area contributed by atoms with Crippen LogP contribution in [0.4, 0.5) is 0 Å². The van der Waals surface area contributed by atoms with Crippen LogP contribution in [0.2, 0.25) is 0 Å². The van der Waals surface area contributed by atoms with Gasteiger partial charge in [0.1, 0.15) is 11.5 Å². The summed E-state index contributed by atoms with van der Waals surface area (Å²) in [5, 5.41) is 4.89. The second-order valence-electron chi connectivity index (χ2n) is 7.80. The van der Waals surface area contributed by atoms with Gasteiger partial charge >= 0.3 is 0 Å². The quantitative estimate of drug-likeness (QED) is 0.205. The van der Waals surface area contributed by atoms with Gasteiger partial charge in [0.2, 0.25) is 0 Å². The highest BCUT2D eigenvalue weighted by atomic mass is 79.9. The molecule has 3 aromatic carbocycles. The van der Waals surface area contributed by atoms with Gasteiger partial charge in [0.25, 0.3) is 5.91 Å². The van der Waals surface area contributed by atoms with E-state index in [9.17, 15) is 4.79 Å². The largest absolute Gasteiger partial charge is 0.455 e. The second kappa shape index (κ2) is 9.45. The smallest absolute Gasteiger partial charge is 0.272 e. The van der Waals surface area contributed by atoms with E-state index in [1.807, 2.05) is 97.9 Å². The number of hydrogen-bond donors (Lipinski definition) is 1. The van der Waals surface area contributed by atoms with Gasteiger partial charge in [-0.2, -0.15) is 5.10 Å². The van der Waals surface area contributed by atoms with E-state index in [2.05, 4.69) is 26.5 Å². The molecule has 5 rings (SSSR count). The number of amides is 1. The summed E-state index contributed by atoms with van der Waals surface area (Å²) in [5.41, 5.74) is 7.67.